The Morgan fingerprint density at radius 3 is 2.42 bits per heavy atom. The largest absolute Gasteiger partial charge is 0.389 e. The number of hydrogen-bond acceptors (Lipinski definition) is 3. The molecule has 0 aliphatic rings. The van der Waals surface area contributed by atoms with Gasteiger partial charge in [-0.15, -0.1) is 0 Å². The van der Waals surface area contributed by atoms with Crippen LogP contribution >= 0.6 is 0 Å². The average Bonchev–Trinajstić information content (AvgIpc) is 2.37. The minimum Gasteiger partial charge on any atom is -0.387 e. The van der Waals surface area contributed by atoms with Gasteiger partial charge in [-0.3, -0.25) is 0 Å². The van der Waals surface area contributed by atoms with Gasteiger partial charge in [0.2, 0.25) is 0 Å². The molecule has 104 valence electrons. The Balaban J connectivity index is 2.27. The Hall–Kier alpha value is -1.58. The summed E-state index contributed by atoms with van der Waals surface area (Å²) in [6, 6.07) is 8.39. The topological polar surface area (TPSA) is 56.0 Å². The molecule has 1 aromatic rings. The Morgan fingerprint density at radius 1 is 1.26 bits per heavy atom. The normalized spacial score (nSPS) is 13.0. The second-order valence-corrected chi connectivity index (χ2v) is 4.17. The van der Waals surface area contributed by atoms with Crippen molar-refractivity contribution in [3.05, 3.63) is 35.4 Å². The van der Waals surface area contributed by atoms with E-state index in [4.69, 9.17) is 5.26 Å². The molecule has 1 aromatic carbocycles. The highest BCUT2D eigenvalue weighted by molar-refractivity contribution is 5.32. The zero-order valence-electron chi connectivity index (χ0n) is 10.2. The Morgan fingerprint density at radius 2 is 1.89 bits per heavy atom. The number of nitrogens with zero attached hydrogens (tertiary/aromatic N) is 1. The maximum atomic E-state index is 11.9. The Labute approximate surface area is 109 Å². The first-order valence-corrected chi connectivity index (χ1v) is 5.88. The molecule has 1 atom stereocenters. The summed E-state index contributed by atoms with van der Waals surface area (Å²) in [5, 5.41) is 21.2. The van der Waals surface area contributed by atoms with Crippen LogP contribution in [0.3, 0.4) is 0 Å². The number of aliphatic hydroxyl groups excluding tert-OH is 1. The second kappa shape index (κ2) is 7.12. The van der Waals surface area contributed by atoms with Crippen LogP contribution < -0.4 is 5.32 Å². The van der Waals surface area contributed by atoms with Gasteiger partial charge in [0, 0.05) is 13.0 Å². The van der Waals surface area contributed by atoms with E-state index >= 15 is 0 Å². The molecule has 1 unspecified atom stereocenters. The van der Waals surface area contributed by atoms with E-state index in [1.165, 1.54) is 0 Å². The van der Waals surface area contributed by atoms with Crippen molar-refractivity contribution in [1.29, 1.82) is 5.26 Å². The van der Waals surface area contributed by atoms with Gasteiger partial charge in [-0.25, -0.2) is 0 Å². The molecule has 0 spiro atoms. The molecule has 0 fully saturated rings. The number of aliphatic hydroxyl groups is 1. The van der Waals surface area contributed by atoms with E-state index in [1.807, 2.05) is 6.07 Å². The molecule has 3 nitrogen and oxygen atoms in total. The predicted octanol–water partition coefficient (Wildman–Crippen LogP) is 2.52. The van der Waals surface area contributed by atoms with E-state index in [-0.39, 0.29) is 19.5 Å². The fourth-order valence-electron chi connectivity index (χ4n) is 1.55. The summed E-state index contributed by atoms with van der Waals surface area (Å²) in [6.45, 7) is 0.386. The van der Waals surface area contributed by atoms with Gasteiger partial charge in [0.1, 0.15) is 0 Å². The highest BCUT2D eigenvalue weighted by atomic mass is 19.4. The molecule has 0 aliphatic carbocycles. The molecule has 1 rings (SSSR count). The van der Waals surface area contributed by atoms with Crippen LogP contribution in [0.25, 0.3) is 0 Å². The number of nitrogens with one attached hydrogen (secondary N) is 1. The van der Waals surface area contributed by atoms with Crippen molar-refractivity contribution in [3.8, 4) is 6.07 Å². The Bertz CT molecular complexity index is 423. The van der Waals surface area contributed by atoms with Gasteiger partial charge in [0.25, 0.3) is 0 Å². The molecule has 2 N–H and O–H groups in total. The molecule has 0 bridgehead atoms. The third-order valence-corrected chi connectivity index (χ3v) is 2.58. The lowest BCUT2D eigenvalue weighted by molar-refractivity contribution is -0.135. The number of rotatable bonds is 6. The predicted molar refractivity (Wildman–Crippen MR) is 64.3 cm³/mol. The molecule has 0 aromatic heterocycles. The van der Waals surface area contributed by atoms with E-state index in [9.17, 15) is 18.3 Å². The van der Waals surface area contributed by atoms with Crippen LogP contribution in [0.4, 0.5) is 13.2 Å². The summed E-state index contributed by atoms with van der Waals surface area (Å²) in [6.07, 6.45) is -5.76. The Kier molecular flexibility index (Phi) is 5.80. The van der Waals surface area contributed by atoms with Crippen molar-refractivity contribution in [2.45, 2.75) is 25.1 Å². The quantitative estimate of drug-likeness (QED) is 0.782. The monoisotopic (exact) mass is 272 g/mol. The fraction of sp³-hybridized carbons (Fsp3) is 0.462. The van der Waals surface area contributed by atoms with Gasteiger partial charge in [0.15, 0.2) is 0 Å². The van der Waals surface area contributed by atoms with Crippen LogP contribution in [0.5, 0.6) is 0 Å². The number of benzene rings is 1. The molecule has 0 aliphatic heterocycles. The van der Waals surface area contributed by atoms with Crippen molar-refractivity contribution in [3.63, 3.8) is 0 Å². The molecule has 19 heavy (non-hydrogen) atoms. The lowest BCUT2D eigenvalue weighted by Crippen LogP contribution is -2.23. The van der Waals surface area contributed by atoms with E-state index < -0.39 is 18.7 Å². The second-order valence-electron chi connectivity index (χ2n) is 4.17. The lowest BCUT2D eigenvalue weighted by Gasteiger charge is -2.12. The van der Waals surface area contributed by atoms with E-state index in [2.05, 4.69) is 5.32 Å². The zero-order chi connectivity index (χ0) is 14.3. The molecular weight excluding hydrogens is 257 g/mol. The van der Waals surface area contributed by atoms with Gasteiger partial charge in [-0.05, 0) is 30.7 Å². The number of hydrogen-bond donors (Lipinski definition) is 2. The van der Waals surface area contributed by atoms with Gasteiger partial charge in [0.05, 0.1) is 17.7 Å². The van der Waals surface area contributed by atoms with Crippen LogP contribution in [0, 0.1) is 11.3 Å². The van der Waals surface area contributed by atoms with Crippen LogP contribution in [0.2, 0.25) is 0 Å². The van der Waals surface area contributed by atoms with Gasteiger partial charge in [-0.1, -0.05) is 12.1 Å². The molecule has 0 radical (unpaired) electrons. The van der Waals surface area contributed by atoms with Crippen molar-refractivity contribution in [2.75, 3.05) is 13.1 Å². The molecule has 0 heterocycles. The number of alkyl halides is 3. The minimum atomic E-state index is -4.13. The van der Waals surface area contributed by atoms with Crippen LogP contribution in [0.15, 0.2) is 24.3 Å². The third kappa shape index (κ3) is 6.22. The van der Waals surface area contributed by atoms with Crippen molar-refractivity contribution in [1.82, 2.24) is 5.32 Å². The first-order chi connectivity index (χ1) is 8.92. The van der Waals surface area contributed by atoms with E-state index in [0.29, 0.717) is 11.1 Å². The average molecular weight is 272 g/mol. The minimum absolute atomic E-state index is 0.0103. The highest BCUT2D eigenvalue weighted by Crippen LogP contribution is 2.20. The molecule has 6 heteroatoms. The fourth-order valence-corrected chi connectivity index (χ4v) is 1.55. The van der Waals surface area contributed by atoms with Crippen LogP contribution in [0.1, 0.15) is 30.1 Å². The number of halogens is 3. The standard InChI is InChI=1S/C13H15F3N2O/c14-13(15,16)6-1-7-18-9-12(19)11-4-2-10(8-17)3-5-11/h2-5,12,18-19H,1,6-7,9H2. The zero-order valence-corrected chi connectivity index (χ0v) is 10.2. The van der Waals surface area contributed by atoms with Crippen LogP contribution in [-0.2, 0) is 0 Å². The summed E-state index contributed by atoms with van der Waals surface area (Å²) >= 11 is 0. The summed E-state index contributed by atoms with van der Waals surface area (Å²) in [7, 11) is 0. The molecule has 0 saturated heterocycles. The summed E-state index contributed by atoms with van der Waals surface area (Å²) < 4.78 is 35.6. The molecule has 0 saturated carbocycles. The van der Waals surface area contributed by atoms with E-state index in [1.54, 1.807) is 24.3 Å². The maximum absolute atomic E-state index is 11.9. The van der Waals surface area contributed by atoms with E-state index in [0.717, 1.165) is 0 Å². The summed E-state index contributed by atoms with van der Waals surface area (Å²) in [4.78, 5) is 0. The smallest absolute Gasteiger partial charge is 0.387 e. The SMILES string of the molecule is N#Cc1ccc(C(O)CNCCCC(F)(F)F)cc1. The first-order valence-electron chi connectivity index (χ1n) is 5.88. The molecular formula is C13H15F3N2O. The highest BCUT2D eigenvalue weighted by Gasteiger charge is 2.25. The van der Waals surface area contributed by atoms with Gasteiger partial charge in [-0.2, -0.15) is 18.4 Å². The van der Waals surface area contributed by atoms with Crippen molar-refractivity contribution >= 4 is 0 Å². The van der Waals surface area contributed by atoms with Crippen LogP contribution in [-0.4, -0.2) is 24.4 Å². The van der Waals surface area contributed by atoms with Gasteiger partial charge < -0.3 is 10.4 Å². The lowest BCUT2D eigenvalue weighted by atomic mass is 10.1. The van der Waals surface area contributed by atoms with Gasteiger partial charge >= 0.3 is 6.18 Å². The summed E-state index contributed by atoms with van der Waals surface area (Å²) in [5.74, 6) is 0. The van der Waals surface area contributed by atoms with Crippen molar-refractivity contribution < 1.29 is 18.3 Å². The molecule has 0 amide bonds. The first kappa shape index (κ1) is 15.5. The summed E-state index contributed by atoms with van der Waals surface area (Å²) in [5.41, 5.74) is 1.12. The number of nitriles is 1. The third-order valence-electron chi connectivity index (χ3n) is 2.58. The maximum Gasteiger partial charge on any atom is 0.389 e. The van der Waals surface area contributed by atoms with Crippen molar-refractivity contribution in [2.24, 2.45) is 0 Å².